The van der Waals surface area contributed by atoms with E-state index in [1.165, 1.54) is 22.8 Å². The highest BCUT2D eigenvalue weighted by Crippen LogP contribution is 2.23. The smallest absolute Gasteiger partial charge is 0.225 e. The zero-order valence-electron chi connectivity index (χ0n) is 7.37. The Morgan fingerprint density at radius 3 is 2.80 bits per heavy atom. The van der Waals surface area contributed by atoms with E-state index in [0.717, 1.165) is 0 Å². The molecule has 0 atom stereocenters. The van der Waals surface area contributed by atoms with Gasteiger partial charge in [0.25, 0.3) is 0 Å². The van der Waals surface area contributed by atoms with Crippen LogP contribution >= 0.6 is 23.8 Å². The molecule has 0 saturated heterocycles. The minimum absolute atomic E-state index is 0.175. The van der Waals surface area contributed by atoms with E-state index in [1.54, 1.807) is 0 Å². The summed E-state index contributed by atoms with van der Waals surface area (Å²) in [5.74, 6) is -0.245. The van der Waals surface area contributed by atoms with E-state index in [1.807, 2.05) is 0 Å². The Morgan fingerprint density at radius 2 is 2.27 bits per heavy atom. The predicted molar refractivity (Wildman–Crippen MR) is 58.1 cm³/mol. The number of anilines is 1. The first kappa shape index (κ1) is 10.1. The number of rotatable bonds is 1. The number of H-pyrrole nitrogens is 1. The third kappa shape index (κ3) is 1.73. The summed E-state index contributed by atoms with van der Waals surface area (Å²) in [6.07, 6.45) is 0. The Labute approximate surface area is 94.5 Å². The Hall–Kier alpha value is -1.40. The molecular formula is C8H6ClFN4S. The molecule has 4 nitrogen and oxygen atoms in total. The lowest BCUT2D eigenvalue weighted by Gasteiger charge is -2.05. The Bertz CT molecular complexity index is 562. The van der Waals surface area contributed by atoms with Gasteiger partial charge in [-0.15, -0.1) is 5.10 Å². The van der Waals surface area contributed by atoms with Crippen LogP contribution in [0.1, 0.15) is 0 Å². The second kappa shape index (κ2) is 3.63. The number of hydrogen-bond donors (Lipinski definition) is 2. The molecule has 1 heterocycles. The van der Waals surface area contributed by atoms with Gasteiger partial charge in [-0.3, -0.25) is 4.57 Å². The van der Waals surface area contributed by atoms with Crippen LogP contribution in [0.25, 0.3) is 5.69 Å². The van der Waals surface area contributed by atoms with Crippen LogP contribution in [0.2, 0.25) is 5.02 Å². The topological polar surface area (TPSA) is 59.6 Å². The summed E-state index contributed by atoms with van der Waals surface area (Å²) in [6, 6.07) is 3.94. The molecule has 0 aliphatic rings. The molecule has 0 saturated carbocycles. The van der Waals surface area contributed by atoms with Crippen LogP contribution in [0.5, 0.6) is 0 Å². The summed E-state index contributed by atoms with van der Waals surface area (Å²) in [6.45, 7) is 0. The Balaban J connectivity index is 2.69. The largest absolute Gasteiger partial charge is 0.368 e. The maximum atomic E-state index is 12.8. The van der Waals surface area contributed by atoms with Gasteiger partial charge in [0, 0.05) is 0 Å². The van der Waals surface area contributed by atoms with Gasteiger partial charge in [0.2, 0.25) is 10.7 Å². The molecule has 0 aliphatic carbocycles. The molecular weight excluding hydrogens is 239 g/mol. The molecule has 1 aromatic carbocycles. The highest BCUT2D eigenvalue weighted by atomic mass is 35.5. The predicted octanol–water partition coefficient (Wildman–Crippen LogP) is 2.30. The SMILES string of the molecule is Nc1n[nH]c(=S)n1-c1ccc(F)cc1Cl. The highest BCUT2D eigenvalue weighted by Gasteiger charge is 2.09. The van der Waals surface area contributed by atoms with Crippen molar-refractivity contribution < 1.29 is 4.39 Å². The van der Waals surface area contributed by atoms with Crippen molar-refractivity contribution in [1.82, 2.24) is 14.8 Å². The summed E-state index contributed by atoms with van der Waals surface area (Å²) >= 11 is 10.8. The normalized spacial score (nSPS) is 10.5. The molecule has 0 amide bonds. The molecule has 0 aliphatic heterocycles. The molecule has 7 heteroatoms. The minimum Gasteiger partial charge on any atom is -0.368 e. The molecule has 2 aromatic rings. The van der Waals surface area contributed by atoms with E-state index in [9.17, 15) is 4.39 Å². The summed E-state index contributed by atoms with van der Waals surface area (Å²) < 4.78 is 14.6. The zero-order chi connectivity index (χ0) is 11.0. The first-order valence-electron chi connectivity index (χ1n) is 3.98. The minimum atomic E-state index is -0.419. The van der Waals surface area contributed by atoms with Gasteiger partial charge < -0.3 is 5.73 Å². The molecule has 0 bridgehead atoms. The van der Waals surface area contributed by atoms with Crippen molar-refractivity contribution in [3.63, 3.8) is 0 Å². The van der Waals surface area contributed by atoms with Crippen LogP contribution in [0.3, 0.4) is 0 Å². The van der Waals surface area contributed by atoms with Gasteiger partial charge in [0.15, 0.2) is 0 Å². The van der Waals surface area contributed by atoms with Crippen molar-refractivity contribution in [3.05, 3.63) is 33.8 Å². The molecule has 0 spiro atoms. The molecule has 0 fully saturated rings. The van der Waals surface area contributed by atoms with E-state index >= 15 is 0 Å². The number of nitrogens with zero attached hydrogens (tertiary/aromatic N) is 2. The number of nitrogens with one attached hydrogen (secondary N) is 1. The molecule has 78 valence electrons. The van der Waals surface area contributed by atoms with Crippen molar-refractivity contribution in [2.24, 2.45) is 0 Å². The molecule has 0 unspecified atom stereocenters. The van der Waals surface area contributed by atoms with Crippen LogP contribution in [0, 0.1) is 10.6 Å². The van der Waals surface area contributed by atoms with Crippen LogP contribution in [0.4, 0.5) is 10.3 Å². The average molecular weight is 245 g/mol. The molecule has 1 aromatic heterocycles. The number of nitrogen functional groups attached to an aromatic ring is 1. The third-order valence-electron chi connectivity index (χ3n) is 1.85. The molecule has 15 heavy (non-hydrogen) atoms. The maximum absolute atomic E-state index is 12.8. The zero-order valence-corrected chi connectivity index (χ0v) is 8.94. The molecule has 3 N–H and O–H groups in total. The second-order valence-corrected chi connectivity index (χ2v) is 3.61. The Kier molecular flexibility index (Phi) is 2.45. The number of halogens is 2. The van der Waals surface area contributed by atoms with Crippen molar-refractivity contribution in [2.75, 3.05) is 5.73 Å². The highest BCUT2D eigenvalue weighted by molar-refractivity contribution is 7.71. The number of aromatic nitrogens is 3. The van der Waals surface area contributed by atoms with E-state index < -0.39 is 5.82 Å². The van der Waals surface area contributed by atoms with Gasteiger partial charge in [0.1, 0.15) is 5.82 Å². The Morgan fingerprint density at radius 1 is 1.53 bits per heavy atom. The van der Waals surface area contributed by atoms with Crippen molar-refractivity contribution in [1.29, 1.82) is 0 Å². The van der Waals surface area contributed by atoms with E-state index in [-0.39, 0.29) is 11.0 Å². The summed E-state index contributed by atoms with van der Waals surface area (Å²) in [7, 11) is 0. The standard InChI is InChI=1S/C8H6ClFN4S/c9-5-3-4(10)1-2-6(5)14-7(11)12-13-8(14)15/h1-3H,(H2,11,12)(H,13,15). The molecule has 2 rings (SSSR count). The summed E-state index contributed by atoms with van der Waals surface area (Å²) in [4.78, 5) is 0. The quantitative estimate of drug-likeness (QED) is 0.757. The van der Waals surface area contributed by atoms with Crippen LogP contribution < -0.4 is 5.73 Å². The van der Waals surface area contributed by atoms with Crippen molar-refractivity contribution >= 4 is 29.8 Å². The lowest BCUT2D eigenvalue weighted by atomic mass is 10.3. The maximum Gasteiger partial charge on any atom is 0.225 e. The van der Waals surface area contributed by atoms with Gasteiger partial charge in [-0.25, -0.2) is 9.49 Å². The average Bonchev–Trinajstić information content (AvgIpc) is 2.48. The van der Waals surface area contributed by atoms with Crippen molar-refractivity contribution in [2.45, 2.75) is 0 Å². The fourth-order valence-corrected chi connectivity index (χ4v) is 1.69. The third-order valence-corrected chi connectivity index (χ3v) is 2.43. The van der Waals surface area contributed by atoms with Gasteiger partial charge in [-0.2, -0.15) is 0 Å². The summed E-state index contributed by atoms with van der Waals surface area (Å²) in [5.41, 5.74) is 6.08. The van der Waals surface area contributed by atoms with Crippen LogP contribution in [-0.4, -0.2) is 14.8 Å². The van der Waals surface area contributed by atoms with Gasteiger partial charge >= 0.3 is 0 Å². The van der Waals surface area contributed by atoms with E-state index in [0.29, 0.717) is 10.5 Å². The lowest BCUT2D eigenvalue weighted by Crippen LogP contribution is -2.01. The number of hydrogen-bond acceptors (Lipinski definition) is 3. The number of benzene rings is 1. The first-order chi connectivity index (χ1) is 7.09. The second-order valence-electron chi connectivity index (χ2n) is 2.82. The van der Waals surface area contributed by atoms with Gasteiger partial charge in [0.05, 0.1) is 10.7 Å². The van der Waals surface area contributed by atoms with E-state index in [4.69, 9.17) is 29.6 Å². The first-order valence-corrected chi connectivity index (χ1v) is 4.76. The monoisotopic (exact) mass is 244 g/mol. The van der Waals surface area contributed by atoms with Crippen LogP contribution in [-0.2, 0) is 0 Å². The van der Waals surface area contributed by atoms with Crippen molar-refractivity contribution in [3.8, 4) is 5.69 Å². The number of aromatic amines is 1. The van der Waals surface area contributed by atoms with Gasteiger partial charge in [-0.05, 0) is 30.4 Å². The fourth-order valence-electron chi connectivity index (χ4n) is 1.20. The number of nitrogens with two attached hydrogens (primary N) is 1. The van der Waals surface area contributed by atoms with Crippen LogP contribution in [0.15, 0.2) is 18.2 Å². The molecule has 0 radical (unpaired) electrons. The summed E-state index contributed by atoms with van der Waals surface area (Å²) in [5, 5.41) is 6.46. The van der Waals surface area contributed by atoms with Gasteiger partial charge in [-0.1, -0.05) is 11.6 Å². The lowest BCUT2D eigenvalue weighted by molar-refractivity contribution is 0.627. The van der Waals surface area contributed by atoms with E-state index in [2.05, 4.69) is 10.2 Å². The fraction of sp³-hybridized carbons (Fsp3) is 0.